The van der Waals surface area contributed by atoms with Crippen molar-refractivity contribution in [2.24, 2.45) is 0 Å². The SMILES string of the molecule is C[C@H]1CN(C(=O)CNC(=O)c2ccccc2)CCN1. The summed E-state index contributed by atoms with van der Waals surface area (Å²) in [4.78, 5) is 25.5. The molecule has 0 radical (unpaired) electrons. The third-order valence-corrected chi connectivity index (χ3v) is 3.16. The molecule has 0 saturated carbocycles. The van der Waals surface area contributed by atoms with Gasteiger partial charge < -0.3 is 15.5 Å². The maximum absolute atomic E-state index is 12.0. The summed E-state index contributed by atoms with van der Waals surface area (Å²) in [5.74, 6) is -0.241. The van der Waals surface area contributed by atoms with Crippen LogP contribution >= 0.6 is 0 Å². The zero-order valence-electron chi connectivity index (χ0n) is 11.1. The molecular formula is C14H19N3O2. The van der Waals surface area contributed by atoms with Crippen LogP contribution in [0.3, 0.4) is 0 Å². The number of amides is 2. The smallest absolute Gasteiger partial charge is 0.251 e. The number of piperazine rings is 1. The van der Waals surface area contributed by atoms with E-state index >= 15 is 0 Å². The number of benzene rings is 1. The van der Waals surface area contributed by atoms with Crippen molar-refractivity contribution in [3.05, 3.63) is 35.9 Å². The molecule has 1 saturated heterocycles. The van der Waals surface area contributed by atoms with Crippen LogP contribution in [0.15, 0.2) is 30.3 Å². The van der Waals surface area contributed by atoms with Crippen molar-refractivity contribution >= 4 is 11.8 Å². The number of carbonyl (C=O) groups excluding carboxylic acids is 2. The third kappa shape index (κ3) is 3.79. The van der Waals surface area contributed by atoms with Gasteiger partial charge in [-0.3, -0.25) is 9.59 Å². The van der Waals surface area contributed by atoms with E-state index in [1.165, 1.54) is 0 Å². The topological polar surface area (TPSA) is 61.4 Å². The first-order valence-corrected chi connectivity index (χ1v) is 6.51. The van der Waals surface area contributed by atoms with E-state index in [1.807, 2.05) is 13.0 Å². The molecular weight excluding hydrogens is 242 g/mol. The molecule has 2 rings (SSSR count). The Bertz CT molecular complexity index is 447. The normalized spacial score (nSPS) is 19.0. The molecule has 1 aliphatic heterocycles. The zero-order valence-corrected chi connectivity index (χ0v) is 11.1. The van der Waals surface area contributed by atoms with Gasteiger partial charge in [0.2, 0.25) is 5.91 Å². The van der Waals surface area contributed by atoms with Gasteiger partial charge in [-0.2, -0.15) is 0 Å². The third-order valence-electron chi connectivity index (χ3n) is 3.16. The van der Waals surface area contributed by atoms with Crippen LogP contribution in [0.25, 0.3) is 0 Å². The second kappa shape index (κ2) is 6.33. The molecule has 5 nitrogen and oxygen atoms in total. The minimum atomic E-state index is -0.211. The van der Waals surface area contributed by atoms with Crippen molar-refractivity contribution in [2.75, 3.05) is 26.2 Å². The lowest BCUT2D eigenvalue weighted by atomic mass is 10.2. The van der Waals surface area contributed by atoms with Gasteiger partial charge in [-0.15, -0.1) is 0 Å². The Kier molecular flexibility index (Phi) is 4.52. The van der Waals surface area contributed by atoms with Gasteiger partial charge in [0.15, 0.2) is 0 Å². The summed E-state index contributed by atoms with van der Waals surface area (Å²) in [5.41, 5.74) is 0.573. The summed E-state index contributed by atoms with van der Waals surface area (Å²) < 4.78 is 0. The molecule has 1 heterocycles. The average Bonchev–Trinajstić information content (AvgIpc) is 2.45. The van der Waals surface area contributed by atoms with Crippen LogP contribution < -0.4 is 10.6 Å². The van der Waals surface area contributed by atoms with Crippen LogP contribution in [0.2, 0.25) is 0 Å². The van der Waals surface area contributed by atoms with Crippen LogP contribution in [-0.4, -0.2) is 48.9 Å². The molecule has 19 heavy (non-hydrogen) atoms. The van der Waals surface area contributed by atoms with Crippen LogP contribution in [0, 0.1) is 0 Å². The summed E-state index contributed by atoms with van der Waals surface area (Å²) in [6.45, 7) is 4.30. The Hall–Kier alpha value is -1.88. The van der Waals surface area contributed by atoms with E-state index in [4.69, 9.17) is 0 Å². The van der Waals surface area contributed by atoms with E-state index in [0.29, 0.717) is 24.7 Å². The molecule has 1 aliphatic rings. The molecule has 0 bridgehead atoms. The molecule has 0 aromatic heterocycles. The van der Waals surface area contributed by atoms with Gasteiger partial charge in [0.05, 0.1) is 6.54 Å². The van der Waals surface area contributed by atoms with Gasteiger partial charge in [-0.1, -0.05) is 18.2 Å². The predicted octanol–water partition coefficient (Wildman–Crippen LogP) is 0.237. The summed E-state index contributed by atoms with van der Waals surface area (Å²) in [5, 5.41) is 5.94. The minimum absolute atomic E-state index is 0.0300. The molecule has 1 atom stereocenters. The average molecular weight is 261 g/mol. The lowest BCUT2D eigenvalue weighted by Crippen LogP contribution is -2.53. The van der Waals surface area contributed by atoms with Gasteiger partial charge in [0, 0.05) is 31.2 Å². The lowest BCUT2D eigenvalue weighted by molar-refractivity contribution is -0.131. The van der Waals surface area contributed by atoms with Crippen LogP contribution in [0.1, 0.15) is 17.3 Å². The Morgan fingerprint density at radius 1 is 1.37 bits per heavy atom. The van der Waals surface area contributed by atoms with E-state index < -0.39 is 0 Å². The van der Waals surface area contributed by atoms with E-state index in [2.05, 4.69) is 10.6 Å². The van der Waals surface area contributed by atoms with E-state index in [-0.39, 0.29) is 18.4 Å². The largest absolute Gasteiger partial charge is 0.343 e. The van der Waals surface area contributed by atoms with Crippen molar-refractivity contribution in [3.8, 4) is 0 Å². The molecule has 0 unspecified atom stereocenters. The van der Waals surface area contributed by atoms with Gasteiger partial charge in [0.1, 0.15) is 0 Å². The first kappa shape index (κ1) is 13.5. The summed E-state index contributed by atoms with van der Waals surface area (Å²) in [6, 6.07) is 9.22. The van der Waals surface area contributed by atoms with Crippen LogP contribution in [-0.2, 0) is 4.79 Å². The minimum Gasteiger partial charge on any atom is -0.343 e. The lowest BCUT2D eigenvalue weighted by Gasteiger charge is -2.31. The molecule has 2 amide bonds. The summed E-state index contributed by atoms with van der Waals surface area (Å²) in [6.07, 6.45) is 0. The molecule has 1 fully saturated rings. The van der Waals surface area contributed by atoms with Crippen LogP contribution in [0.4, 0.5) is 0 Å². The molecule has 0 spiro atoms. The number of hydrogen-bond acceptors (Lipinski definition) is 3. The monoisotopic (exact) mass is 261 g/mol. The van der Waals surface area contributed by atoms with Crippen LogP contribution in [0.5, 0.6) is 0 Å². The number of rotatable bonds is 3. The maximum atomic E-state index is 12.0. The molecule has 102 valence electrons. The second-order valence-electron chi connectivity index (χ2n) is 4.74. The fourth-order valence-corrected chi connectivity index (χ4v) is 2.12. The van der Waals surface area contributed by atoms with E-state index in [1.54, 1.807) is 29.2 Å². The Labute approximate surface area is 113 Å². The fourth-order valence-electron chi connectivity index (χ4n) is 2.12. The standard InChI is InChI=1S/C14H19N3O2/c1-11-10-17(8-7-15-11)13(18)9-16-14(19)12-5-3-2-4-6-12/h2-6,11,15H,7-10H2,1H3,(H,16,19)/t11-/m0/s1. The first-order chi connectivity index (χ1) is 9.16. The quantitative estimate of drug-likeness (QED) is 0.819. The van der Waals surface area contributed by atoms with Crippen molar-refractivity contribution < 1.29 is 9.59 Å². The Balaban J connectivity index is 1.82. The van der Waals surface area contributed by atoms with Crippen molar-refractivity contribution in [3.63, 3.8) is 0 Å². The second-order valence-corrected chi connectivity index (χ2v) is 4.74. The highest BCUT2D eigenvalue weighted by Gasteiger charge is 2.20. The highest BCUT2D eigenvalue weighted by atomic mass is 16.2. The molecule has 1 aromatic carbocycles. The maximum Gasteiger partial charge on any atom is 0.251 e. The van der Waals surface area contributed by atoms with Gasteiger partial charge in [-0.25, -0.2) is 0 Å². The fraction of sp³-hybridized carbons (Fsp3) is 0.429. The van der Waals surface area contributed by atoms with Gasteiger partial charge >= 0.3 is 0 Å². The van der Waals surface area contributed by atoms with E-state index in [9.17, 15) is 9.59 Å². The number of carbonyl (C=O) groups is 2. The zero-order chi connectivity index (χ0) is 13.7. The highest BCUT2D eigenvalue weighted by molar-refractivity contribution is 5.96. The molecule has 5 heteroatoms. The van der Waals surface area contributed by atoms with Crippen molar-refractivity contribution in [1.29, 1.82) is 0 Å². The first-order valence-electron chi connectivity index (χ1n) is 6.51. The summed E-state index contributed by atoms with van der Waals surface area (Å²) in [7, 11) is 0. The highest BCUT2D eigenvalue weighted by Crippen LogP contribution is 2.00. The predicted molar refractivity (Wildman–Crippen MR) is 72.8 cm³/mol. The summed E-state index contributed by atoms with van der Waals surface area (Å²) >= 11 is 0. The number of hydrogen-bond donors (Lipinski definition) is 2. The van der Waals surface area contributed by atoms with Crippen molar-refractivity contribution in [2.45, 2.75) is 13.0 Å². The molecule has 2 N–H and O–H groups in total. The number of nitrogens with one attached hydrogen (secondary N) is 2. The molecule has 0 aliphatic carbocycles. The van der Waals surface area contributed by atoms with Gasteiger partial charge in [0.25, 0.3) is 5.91 Å². The van der Waals surface area contributed by atoms with Gasteiger partial charge in [-0.05, 0) is 19.1 Å². The number of nitrogens with zero attached hydrogens (tertiary/aromatic N) is 1. The Morgan fingerprint density at radius 2 is 2.11 bits per heavy atom. The Morgan fingerprint density at radius 3 is 2.79 bits per heavy atom. The van der Waals surface area contributed by atoms with Crippen molar-refractivity contribution in [1.82, 2.24) is 15.5 Å². The molecule has 1 aromatic rings. The van der Waals surface area contributed by atoms with E-state index in [0.717, 1.165) is 6.54 Å².